The molecule has 0 heterocycles. The van der Waals surface area contributed by atoms with Gasteiger partial charge >= 0.3 is 5.97 Å². The summed E-state index contributed by atoms with van der Waals surface area (Å²) in [4.78, 5) is 10.7. The second-order valence-corrected chi connectivity index (χ2v) is 3.99. The average Bonchev–Trinajstić information content (AvgIpc) is 2.59. The Balaban J connectivity index is 2.49. The van der Waals surface area contributed by atoms with E-state index in [4.69, 9.17) is 9.84 Å². The van der Waals surface area contributed by atoms with Gasteiger partial charge in [-0.1, -0.05) is 0 Å². The first kappa shape index (κ1) is 10.7. The van der Waals surface area contributed by atoms with Crippen molar-refractivity contribution in [3.8, 4) is 5.75 Å². The summed E-state index contributed by atoms with van der Waals surface area (Å²) in [6, 6.07) is 4.02. The first-order valence-corrected chi connectivity index (χ1v) is 5.23. The largest absolute Gasteiger partial charge is 0.496 e. The Morgan fingerprint density at radius 3 is 2.81 bits per heavy atom. The standard InChI is InChI=1S/C13H14O3/c1-8-5-11-9(6-12(8)16-2)3-4-10(11)7-13(14)15/h5-7H,3-4H2,1-2H3,(H,14,15). The molecule has 1 aliphatic rings. The molecule has 2 rings (SSSR count). The Labute approximate surface area is 94.4 Å². The lowest BCUT2D eigenvalue weighted by molar-refractivity contribution is -0.131. The minimum absolute atomic E-state index is 0.800. The number of allylic oxidation sites excluding steroid dienone is 1. The van der Waals surface area contributed by atoms with Crippen molar-refractivity contribution in [2.45, 2.75) is 19.8 Å². The Morgan fingerprint density at radius 1 is 1.44 bits per heavy atom. The van der Waals surface area contributed by atoms with E-state index in [2.05, 4.69) is 0 Å². The number of hydrogen-bond acceptors (Lipinski definition) is 2. The molecule has 16 heavy (non-hydrogen) atoms. The molecule has 0 radical (unpaired) electrons. The fourth-order valence-electron chi connectivity index (χ4n) is 2.16. The van der Waals surface area contributed by atoms with Gasteiger partial charge in [0.1, 0.15) is 5.75 Å². The van der Waals surface area contributed by atoms with E-state index in [-0.39, 0.29) is 0 Å². The van der Waals surface area contributed by atoms with Gasteiger partial charge in [-0.3, -0.25) is 0 Å². The molecule has 0 amide bonds. The van der Waals surface area contributed by atoms with Crippen LogP contribution in [0.1, 0.15) is 23.1 Å². The Kier molecular flexibility index (Phi) is 2.69. The summed E-state index contributed by atoms with van der Waals surface area (Å²) >= 11 is 0. The quantitative estimate of drug-likeness (QED) is 0.775. The van der Waals surface area contributed by atoms with Gasteiger partial charge < -0.3 is 9.84 Å². The number of fused-ring (bicyclic) bond motifs is 1. The lowest BCUT2D eigenvalue weighted by atomic mass is 10.0. The minimum Gasteiger partial charge on any atom is -0.496 e. The van der Waals surface area contributed by atoms with Crippen LogP contribution in [0.3, 0.4) is 0 Å². The monoisotopic (exact) mass is 218 g/mol. The summed E-state index contributed by atoms with van der Waals surface area (Å²) in [6.45, 7) is 1.97. The van der Waals surface area contributed by atoms with E-state index in [1.807, 2.05) is 19.1 Å². The van der Waals surface area contributed by atoms with Gasteiger partial charge in [0.05, 0.1) is 7.11 Å². The van der Waals surface area contributed by atoms with Crippen LogP contribution < -0.4 is 4.74 Å². The lowest BCUT2D eigenvalue weighted by Crippen LogP contribution is -1.92. The zero-order chi connectivity index (χ0) is 11.7. The lowest BCUT2D eigenvalue weighted by Gasteiger charge is -2.08. The predicted molar refractivity (Wildman–Crippen MR) is 61.7 cm³/mol. The molecule has 1 N–H and O–H groups in total. The fourth-order valence-corrected chi connectivity index (χ4v) is 2.16. The minimum atomic E-state index is -0.878. The van der Waals surface area contributed by atoms with Crippen LogP contribution in [0.15, 0.2) is 18.2 Å². The number of aliphatic carboxylic acids is 1. The van der Waals surface area contributed by atoms with Crippen molar-refractivity contribution in [1.82, 2.24) is 0 Å². The highest BCUT2D eigenvalue weighted by Gasteiger charge is 2.18. The van der Waals surface area contributed by atoms with Crippen LogP contribution >= 0.6 is 0 Å². The highest BCUT2D eigenvalue weighted by molar-refractivity contribution is 5.91. The third kappa shape index (κ3) is 1.81. The van der Waals surface area contributed by atoms with E-state index < -0.39 is 5.97 Å². The zero-order valence-electron chi connectivity index (χ0n) is 9.41. The third-order valence-corrected chi connectivity index (χ3v) is 2.93. The number of aryl methyl sites for hydroxylation is 2. The van der Waals surface area contributed by atoms with E-state index in [0.717, 1.165) is 35.3 Å². The maximum Gasteiger partial charge on any atom is 0.328 e. The van der Waals surface area contributed by atoms with E-state index in [1.54, 1.807) is 7.11 Å². The van der Waals surface area contributed by atoms with Gasteiger partial charge in [-0.15, -0.1) is 0 Å². The van der Waals surface area contributed by atoms with Crippen molar-refractivity contribution in [3.63, 3.8) is 0 Å². The average molecular weight is 218 g/mol. The first-order chi connectivity index (χ1) is 7.61. The number of methoxy groups -OCH3 is 1. The summed E-state index contributed by atoms with van der Waals surface area (Å²) in [5.41, 5.74) is 4.18. The molecule has 0 unspecified atom stereocenters. The SMILES string of the molecule is COc1cc2c(cc1C)C(=CC(=O)O)CC2. The molecule has 0 aliphatic heterocycles. The maximum absolute atomic E-state index is 10.7. The molecular weight excluding hydrogens is 204 g/mol. The summed E-state index contributed by atoms with van der Waals surface area (Å²) in [7, 11) is 1.65. The molecule has 3 nitrogen and oxygen atoms in total. The van der Waals surface area contributed by atoms with Gasteiger partial charge in [0.15, 0.2) is 0 Å². The predicted octanol–water partition coefficient (Wildman–Crippen LogP) is 2.42. The van der Waals surface area contributed by atoms with Crippen molar-refractivity contribution >= 4 is 11.5 Å². The molecule has 0 aromatic heterocycles. The highest BCUT2D eigenvalue weighted by Crippen LogP contribution is 2.36. The molecule has 0 bridgehead atoms. The first-order valence-electron chi connectivity index (χ1n) is 5.23. The van der Waals surface area contributed by atoms with Crippen LogP contribution in [-0.2, 0) is 11.2 Å². The highest BCUT2D eigenvalue weighted by atomic mass is 16.5. The summed E-state index contributed by atoms with van der Waals surface area (Å²) in [5.74, 6) is -0.00774. The van der Waals surface area contributed by atoms with Crippen molar-refractivity contribution in [3.05, 3.63) is 34.9 Å². The Hall–Kier alpha value is -1.77. The smallest absolute Gasteiger partial charge is 0.328 e. The van der Waals surface area contributed by atoms with E-state index in [9.17, 15) is 4.79 Å². The number of ether oxygens (including phenoxy) is 1. The summed E-state index contributed by atoms with van der Waals surface area (Å²) in [5, 5.41) is 8.77. The number of carboxylic acid groups (broad SMARTS) is 1. The van der Waals surface area contributed by atoms with Gasteiger partial charge in [0.25, 0.3) is 0 Å². The molecule has 0 saturated carbocycles. The molecule has 1 aliphatic carbocycles. The van der Waals surface area contributed by atoms with Gasteiger partial charge in [-0.2, -0.15) is 0 Å². The van der Waals surface area contributed by atoms with Crippen molar-refractivity contribution < 1.29 is 14.6 Å². The van der Waals surface area contributed by atoms with E-state index in [0.29, 0.717) is 0 Å². The molecular formula is C13H14O3. The molecule has 0 fully saturated rings. The molecule has 1 aromatic carbocycles. The molecule has 1 aromatic rings. The molecule has 0 spiro atoms. The van der Waals surface area contributed by atoms with Gasteiger partial charge in [0, 0.05) is 6.08 Å². The summed E-state index contributed by atoms with van der Waals surface area (Å²) < 4.78 is 5.25. The van der Waals surface area contributed by atoms with Gasteiger partial charge in [0.2, 0.25) is 0 Å². The van der Waals surface area contributed by atoms with Crippen LogP contribution in [0.2, 0.25) is 0 Å². The van der Waals surface area contributed by atoms with Crippen molar-refractivity contribution in [2.24, 2.45) is 0 Å². The Morgan fingerprint density at radius 2 is 2.19 bits per heavy atom. The van der Waals surface area contributed by atoms with Crippen LogP contribution in [0, 0.1) is 6.92 Å². The van der Waals surface area contributed by atoms with Crippen molar-refractivity contribution in [1.29, 1.82) is 0 Å². The number of hydrogen-bond donors (Lipinski definition) is 1. The molecule has 0 atom stereocenters. The normalized spacial score (nSPS) is 16.2. The molecule has 84 valence electrons. The fraction of sp³-hybridized carbons (Fsp3) is 0.308. The van der Waals surface area contributed by atoms with E-state index >= 15 is 0 Å². The van der Waals surface area contributed by atoms with Gasteiger partial charge in [-0.25, -0.2) is 4.79 Å². The van der Waals surface area contributed by atoms with Gasteiger partial charge in [-0.05, 0) is 54.2 Å². The van der Waals surface area contributed by atoms with Crippen LogP contribution in [-0.4, -0.2) is 18.2 Å². The van der Waals surface area contributed by atoms with Crippen LogP contribution in [0.5, 0.6) is 5.75 Å². The number of benzene rings is 1. The summed E-state index contributed by atoms with van der Waals surface area (Å²) in [6.07, 6.45) is 3.00. The van der Waals surface area contributed by atoms with E-state index in [1.165, 1.54) is 11.6 Å². The second kappa shape index (κ2) is 4.00. The number of rotatable bonds is 2. The Bertz CT molecular complexity index is 472. The number of carbonyl (C=O) groups is 1. The third-order valence-electron chi connectivity index (χ3n) is 2.93. The second-order valence-electron chi connectivity index (χ2n) is 3.99. The topological polar surface area (TPSA) is 46.5 Å². The molecule has 3 heteroatoms. The maximum atomic E-state index is 10.7. The van der Waals surface area contributed by atoms with Crippen molar-refractivity contribution in [2.75, 3.05) is 7.11 Å². The zero-order valence-corrected chi connectivity index (χ0v) is 9.41. The van der Waals surface area contributed by atoms with Crippen LogP contribution in [0.25, 0.3) is 5.57 Å². The molecule has 0 saturated heterocycles. The van der Waals surface area contributed by atoms with Crippen LogP contribution in [0.4, 0.5) is 0 Å². The number of carboxylic acids is 1.